The predicted octanol–water partition coefficient (Wildman–Crippen LogP) is 1.19. The molecule has 98 valence electrons. The molecule has 0 fully saturated rings. The van der Waals surface area contributed by atoms with Gasteiger partial charge in [-0.15, -0.1) is 0 Å². The Morgan fingerprint density at radius 3 is 2.72 bits per heavy atom. The van der Waals surface area contributed by atoms with Crippen molar-refractivity contribution in [3.05, 3.63) is 30.1 Å². The standard InChI is InChI=1S/C13H18N2O3/c1-3-11(13(17)18)12(16)15(2)8-6-10-5-4-7-14-9-10/h4-5,7,9,11H,3,6,8H2,1-2H3,(H,17,18). The molecule has 1 aromatic rings. The molecule has 0 aliphatic rings. The normalized spacial score (nSPS) is 11.9. The van der Waals surface area contributed by atoms with Crippen molar-refractivity contribution in [1.82, 2.24) is 9.88 Å². The van der Waals surface area contributed by atoms with Gasteiger partial charge in [-0.3, -0.25) is 14.6 Å². The van der Waals surface area contributed by atoms with Gasteiger partial charge in [0, 0.05) is 26.0 Å². The van der Waals surface area contributed by atoms with E-state index in [1.807, 2.05) is 12.1 Å². The maximum Gasteiger partial charge on any atom is 0.316 e. The number of hydrogen-bond donors (Lipinski definition) is 1. The van der Waals surface area contributed by atoms with Crippen LogP contribution in [0.3, 0.4) is 0 Å². The van der Waals surface area contributed by atoms with Gasteiger partial charge in [0.25, 0.3) is 0 Å². The minimum Gasteiger partial charge on any atom is -0.481 e. The number of hydrogen-bond acceptors (Lipinski definition) is 3. The number of aliphatic carboxylic acids is 1. The Balaban J connectivity index is 2.52. The van der Waals surface area contributed by atoms with Crippen molar-refractivity contribution in [3.8, 4) is 0 Å². The summed E-state index contributed by atoms with van der Waals surface area (Å²) in [7, 11) is 1.63. The Morgan fingerprint density at radius 1 is 1.50 bits per heavy atom. The molecule has 0 radical (unpaired) electrons. The number of amides is 1. The summed E-state index contributed by atoms with van der Waals surface area (Å²) in [6.45, 7) is 2.19. The van der Waals surface area contributed by atoms with Crippen LogP contribution in [0.25, 0.3) is 0 Å². The van der Waals surface area contributed by atoms with Crippen molar-refractivity contribution in [2.45, 2.75) is 19.8 Å². The van der Waals surface area contributed by atoms with Gasteiger partial charge < -0.3 is 10.0 Å². The van der Waals surface area contributed by atoms with E-state index in [-0.39, 0.29) is 5.91 Å². The average Bonchev–Trinajstić information content (AvgIpc) is 2.37. The topological polar surface area (TPSA) is 70.5 Å². The van der Waals surface area contributed by atoms with Crippen LogP contribution in [0.1, 0.15) is 18.9 Å². The van der Waals surface area contributed by atoms with Crippen LogP contribution in [0, 0.1) is 5.92 Å². The monoisotopic (exact) mass is 250 g/mol. The number of likely N-dealkylation sites (N-methyl/N-ethyl adjacent to an activating group) is 1. The Hall–Kier alpha value is -1.91. The fourth-order valence-corrected chi connectivity index (χ4v) is 1.67. The van der Waals surface area contributed by atoms with E-state index in [0.29, 0.717) is 19.4 Å². The van der Waals surface area contributed by atoms with Crippen LogP contribution in [0.15, 0.2) is 24.5 Å². The molecule has 1 rings (SSSR count). The summed E-state index contributed by atoms with van der Waals surface area (Å²) >= 11 is 0. The van der Waals surface area contributed by atoms with E-state index in [1.54, 1.807) is 26.4 Å². The molecule has 1 N–H and O–H groups in total. The number of carbonyl (C=O) groups is 2. The third-order valence-corrected chi connectivity index (χ3v) is 2.84. The first kappa shape index (κ1) is 14.2. The van der Waals surface area contributed by atoms with Gasteiger partial charge in [0.2, 0.25) is 5.91 Å². The van der Waals surface area contributed by atoms with Crippen LogP contribution in [-0.4, -0.2) is 40.5 Å². The van der Waals surface area contributed by atoms with Gasteiger partial charge in [0.1, 0.15) is 5.92 Å². The van der Waals surface area contributed by atoms with Crippen molar-refractivity contribution < 1.29 is 14.7 Å². The molecule has 0 aliphatic heterocycles. The molecule has 0 bridgehead atoms. The highest BCUT2D eigenvalue weighted by Crippen LogP contribution is 2.08. The van der Waals surface area contributed by atoms with Crippen molar-refractivity contribution in [2.75, 3.05) is 13.6 Å². The van der Waals surface area contributed by atoms with E-state index in [4.69, 9.17) is 5.11 Å². The molecule has 1 amide bonds. The first-order valence-corrected chi connectivity index (χ1v) is 5.93. The van der Waals surface area contributed by atoms with Crippen LogP contribution in [0.5, 0.6) is 0 Å². The third kappa shape index (κ3) is 3.84. The van der Waals surface area contributed by atoms with Gasteiger partial charge >= 0.3 is 5.97 Å². The van der Waals surface area contributed by atoms with Crippen LogP contribution in [0.4, 0.5) is 0 Å². The summed E-state index contributed by atoms with van der Waals surface area (Å²) in [5.74, 6) is -2.34. The lowest BCUT2D eigenvalue weighted by Crippen LogP contribution is -2.37. The van der Waals surface area contributed by atoms with Crippen LogP contribution in [-0.2, 0) is 16.0 Å². The third-order valence-electron chi connectivity index (χ3n) is 2.84. The maximum absolute atomic E-state index is 11.9. The van der Waals surface area contributed by atoms with Crippen LogP contribution >= 0.6 is 0 Å². The highest BCUT2D eigenvalue weighted by atomic mass is 16.4. The van der Waals surface area contributed by atoms with E-state index < -0.39 is 11.9 Å². The zero-order chi connectivity index (χ0) is 13.5. The maximum atomic E-state index is 11.9. The van der Waals surface area contributed by atoms with Crippen molar-refractivity contribution in [2.24, 2.45) is 5.92 Å². The molecular weight excluding hydrogens is 232 g/mol. The van der Waals surface area contributed by atoms with Crippen molar-refractivity contribution >= 4 is 11.9 Å². The summed E-state index contributed by atoms with van der Waals surface area (Å²) in [6, 6.07) is 3.77. The van der Waals surface area contributed by atoms with Gasteiger partial charge in [-0.2, -0.15) is 0 Å². The quantitative estimate of drug-likeness (QED) is 0.770. The van der Waals surface area contributed by atoms with E-state index in [1.165, 1.54) is 4.90 Å². The molecule has 0 aromatic carbocycles. The molecule has 0 spiro atoms. The molecule has 0 aliphatic carbocycles. The average molecular weight is 250 g/mol. The van der Waals surface area contributed by atoms with Gasteiger partial charge in [0.05, 0.1) is 0 Å². The van der Waals surface area contributed by atoms with Crippen LogP contribution in [0.2, 0.25) is 0 Å². The first-order valence-electron chi connectivity index (χ1n) is 5.93. The number of rotatable bonds is 6. The molecule has 0 saturated carbocycles. The summed E-state index contributed by atoms with van der Waals surface area (Å²) in [4.78, 5) is 28.2. The minimum absolute atomic E-state index is 0.311. The number of aromatic nitrogens is 1. The molecular formula is C13H18N2O3. The van der Waals surface area contributed by atoms with Gasteiger partial charge in [0.15, 0.2) is 0 Å². The molecule has 1 atom stereocenters. The summed E-state index contributed by atoms with van der Waals surface area (Å²) in [6.07, 6.45) is 4.42. The number of carbonyl (C=O) groups excluding carboxylic acids is 1. The highest BCUT2D eigenvalue weighted by molar-refractivity contribution is 5.96. The highest BCUT2D eigenvalue weighted by Gasteiger charge is 2.26. The Kier molecular flexibility index (Phi) is 5.30. The lowest BCUT2D eigenvalue weighted by Gasteiger charge is -2.20. The number of carboxylic acids is 1. The van der Waals surface area contributed by atoms with Gasteiger partial charge in [-0.05, 0) is 24.5 Å². The van der Waals surface area contributed by atoms with E-state index in [2.05, 4.69) is 4.98 Å². The summed E-state index contributed by atoms with van der Waals surface area (Å²) < 4.78 is 0. The summed E-state index contributed by atoms with van der Waals surface area (Å²) in [5, 5.41) is 8.92. The van der Waals surface area contributed by atoms with E-state index in [0.717, 1.165) is 5.56 Å². The Morgan fingerprint density at radius 2 is 2.22 bits per heavy atom. The molecule has 1 heterocycles. The summed E-state index contributed by atoms with van der Waals surface area (Å²) in [5.41, 5.74) is 1.03. The molecule has 1 unspecified atom stereocenters. The second kappa shape index (κ2) is 6.74. The smallest absolute Gasteiger partial charge is 0.316 e. The lowest BCUT2D eigenvalue weighted by molar-refractivity contribution is -0.150. The molecule has 0 saturated heterocycles. The molecule has 18 heavy (non-hydrogen) atoms. The minimum atomic E-state index is -1.06. The second-order valence-corrected chi connectivity index (χ2v) is 4.17. The molecule has 5 heteroatoms. The zero-order valence-corrected chi connectivity index (χ0v) is 10.7. The fraction of sp³-hybridized carbons (Fsp3) is 0.462. The van der Waals surface area contributed by atoms with Gasteiger partial charge in [-0.1, -0.05) is 13.0 Å². The SMILES string of the molecule is CCC(C(=O)O)C(=O)N(C)CCc1cccnc1. The van der Waals surface area contributed by atoms with E-state index in [9.17, 15) is 9.59 Å². The second-order valence-electron chi connectivity index (χ2n) is 4.17. The van der Waals surface area contributed by atoms with E-state index >= 15 is 0 Å². The Labute approximate surface area is 106 Å². The fourth-order valence-electron chi connectivity index (χ4n) is 1.67. The molecule has 5 nitrogen and oxygen atoms in total. The predicted molar refractivity (Wildman–Crippen MR) is 67.0 cm³/mol. The zero-order valence-electron chi connectivity index (χ0n) is 10.7. The molecule has 1 aromatic heterocycles. The number of pyridine rings is 1. The van der Waals surface area contributed by atoms with Gasteiger partial charge in [-0.25, -0.2) is 0 Å². The Bertz CT molecular complexity index is 406. The van der Waals surface area contributed by atoms with Crippen LogP contribution < -0.4 is 0 Å². The first-order chi connectivity index (χ1) is 8.56. The van der Waals surface area contributed by atoms with Crippen molar-refractivity contribution in [3.63, 3.8) is 0 Å². The number of nitrogens with zero attached hydrogens (tertiary/aromatic N) is 2. The van der Waals surface area contributed by atoms with Crippen molar-refractivity contribution in [1.29, 1.82) is 0 Å². The number of carboxylic acid groups (broad SMARTS) is 1. The lowest BCUT2D eigenvalue weighted by atomic mass is 10.1. The largest absolute Gasteiger partial charge is 0.481 e.